The molecule has 1 unspecified atom stereocenters. The Morgan fingerprint density at radius 3 is 2.39 bits per heavy atom. The monoisotopic (exact) mass is 253 g/mol. The summed E-state index contributed by atoms with van der Waals surface area (Å²) in [6, 6.07) is 1.86. The van der Waals surface area contributed by atoms with Crippen LogP contribution in [0, 0.1) is 20.8 Å². The Balaban J connectivity index is 3.05. The number of ether oxygens (including phenoxy) is 1. The molecule has 18 heavy (non-hydrogen) atoms. The van der Waals surface area contributed by atoms with Crippen molar-refractivity contribution in [3.8, 4) is 5.75 Å². The molecule has 0 bridgehead atoms. The standard InChI is InChI=1S/C14H23NO3/c1-9-7-13(18-4)10(2)11(3)14(9)15-12(8-17)5-6-16/h7,12,15-17H,5-6,8H2,1-4H3. The normalized spacial score (nSPS) is 12.3. The average molecular weight is 253 g/mol. The van der Waals surface area contributed by atoms with Gasteiger partial charge in [0.15, 0.2) is 0 Å². The molecule has 0 fully saturated rings. The summed E-state index contributed by atoms with van der Waals surface area (Å²) in [5, 5.41) is 21.5. The van der Waals surface area contributed by atoms with Crippen LogP contribution < -0.4 is 10.1 Å². The number of anilines is 1. The fourth-order valence-electron chi connectivity index (χ4n) is 2.05. The van der Waals surface area contributed by atoms with E-state index < -0.39 is 0 Å². The van der Waals surface area contributed by atoms with Gasteiger partial charge in [-0.05, 0) is 49.9 Å². The van der Waals surface area contributed by atoms with Gasteiger partial charge in [0.25, 0.3) is 0 Å². The molecule has 4 nitrogen and oxygen atoms in total. The Labute approximate surface area is 109 Å². The van der Waals surface area contributed by atoms with Gasteiger partial charge in [0.1, 0.15) is 5.75 Å². The molecular formula is C14H23NO3. The van der Waals surface area contributed by atoms with Crippen molar-refractivity contribution in [3.05, 3.63) is 22.8 Å². The first kappa shape index (κ1) is 14.8. The number of hydrogen-bond donors (Lipinski definition) is 3. The minimum absolute atomic E-state index is 0.00448. The van der Waals surface area contributed by atoms with Crippen LogP contribution in [0.3, 0.4) is 0 Å². The fraction of sp³-hybridized carbons (Fsp3) is 0.571. The zero-order chi connectivity index (χ0) is 13.7. The largest absolute Gasteiger partial charge is 0.496 e. The lowest BCUT2D eigenvalue weighted by atomic mass is 10.0. The number of aliphatic hydroxyl groups is 2. The van der Waals surface area contributed by atoms with E-state index in [0.29, 0.717) is 6.42 Å². The predicted octanol–water partition coefficient (Wildman–Crippen LogP) is 1.78. The molecule has 0 radical (unpaired) electrons. The third kappa shape index (κ3) is 3.15. The molecular weight excluding hydrogens is 230 g/mol. The van der Waals surface area contributed by atoms with Gasteiger partial charge in [-0.1, -0.05) is 0 Å². The van der Waals surface area contributed by atoms with Gasteiger partial charge in [0, 0.05) is 12.3 Å². The highest BCUT2D eigenvalue weighted by atomic mass is 16.5. The van der Waals surface area contributed by atoms with Crippen molar-refractivity contribution in [2.75, 3.05) is 25.6 Å². The van der Waals surface area contributed by atoms with E-state index in [1.54, 1.807) is 7.11 Å². The summed E-state index contributed by atoms with van der Waals surface area (Å²) in [6.07, 6.45) is 0.528. The lowest BCUT2D eigenvalue weighted by Gasteiger charge is -2.22. The number of methoxy groups -OCH3 is 1. The Bertz CT molecular complexity index is 405. The van der Waals surface area contributed by atoms with Crippen LogP contribution in [0.1, 0.15) is 23.1 Å². The van der Waals surface area contributed by atoms with E-state index in [0.717, 1.165) is 28.1 Å². The number of nitrogens with one attached hydrogen (secondary N) is 1. The van der Waals surface area contributed by atoms with Crippen LogP contribution in [0.5, 0.6) is 5.75 Å². The van der Waals surface area contributed by atoms with Gasteiger partial charge >= 0.3 is 0 Å². The zero-order valence-corrected chi connectivity index (χ0v) is 11.6. The second-order valence-corrected chi connectivity index (χ2v) is 4.56. The van der Waals surface area contributed by atoms with Crippen LogP contribution in [0.4, 0.5) is 5.69 Å². The highest BCUT2D eigenvalue weighted by molar-refractivity contribution is 5.63. The van der Waals surface area contributed by atoms with E-state index in [-0.39, 0.29) is 19.3 Å². The molecule has 0 aliphatic carbocycles. The second-order valence-electron chi connectivity index (χ2n) is 4.56. The Kier molecular flexibility index (Phi) is 5.44. The smallest absolute Gasteiger partial charge is 0.122 e. The lowest BCUT2D eigenvalue weighted by molar-refractivity contribution is 0.229. The minimum atomic E-state index is -0.125. The molecule has 0 saturated carbocycles. The molecule has 4 heteroatoms. The molecule has 1 aromatic rings. The van der Waals surface area contributed by atoms with Crippen molar-refractivity contribution in [2.45, 2.75) is 33.2 Å². The molecule has 3 N–H and O–H groups in total. The van der Waals surface area contributed by atoms with Gasteiger partial charge in [-0.15, -0.1) is 0 Å². The Morgan fingerprint density at radius 2 is 1.89 bits per heavy atom. The van der Waals surface area contributed by atoms with E-state index in [4.69, 9.17) is 9.84 Å². The van der Waals surface area contributed by atoms with E-state index in [1.807, 2.05) is 26.8 Å². The number of hydrogen-bond acceptors (Lipinski definition) is 4. The molecule has 0 amide bonds. The SMILES string of the molecule is COc1cc(C)c(NC(CO)CCO)c(C)c1C. The summed E-state index contributed by atoms with van der Waals surface area (Å²) in [7, 11) is 1.66. The summed E-state index contributed by atoms with van der Waals surface area (Å²) < 4.78 is 5.32. The van der Waals surface area contributed by atoms with E-state index in [2.05, 4.69) is 5.32 Å². The number of benzene rings is 1. The summed E-state index contributed by atoms with van der Waals surface area (Å²) in [5.41, 5.74) is 4.29. The maximum Gasteiger partial charge on any atom is 0.122 e. The van der Waals surface area contributed by atoms with Crippen LogP contribution in [0.25, 0.3) is 0 Å². The first-order valence-electron chi connectivity index (χ1n) is 6.18. The van der Waals surface area contributed by atoms with Gasteiger partial charge in [-0.25, -0.2) is 0 Å². The summed E-state index contributed by atoms with van der Waals surface area (Å²) >= 11 is 0. The first-order valence-corrected chi connectivity index (χ1v) is 6.18. The van der Waals surface area contributed by atoms with E-state index in [1.165, 1.54) is 0 Å². The quantitative estimate of drug-likeness (QED) is 0.723. The number of aryl methyl sites for hydroxylation is 1. The van der Waals surface area contributed by atoms with Crippen LogP contribution in [-0.4, -0.2) is 36.6 Å². The van der Waals surface area contributed by atoms with Crippen molar-refractivity contribution in [3.63, 3.8) is 0 Å². The molecule has 0 heterocycles. The third-order valence-corrected chi connectivity index (χ3v) is 3.32. The van der Waals surface area contributed by atoms with Crippen molar-refractivity contribution in [1.29, 1.82) is 0 Å². The Morgan fingerprint density at radius 1 is 1.22 bits per heavy atom. The highest BCUT2D eigenvalue weighted by Crippen LogP contribution is 2.31. The van der Waals surface area contributed by atoms with Crippen molar-refractivity contribution in [1.82, 2.24) is 0 Å². The molecule has 102 valence electrons. The van der Waals surface area contributed by atoms with Crippen molar-refractivity contribution < 1.29 is 14.9 Å². The van der Waals surface area contributed by atoms with Crippen LogP contribution in [0.15, 0.2) is 6.07 Å². The topological polar surface area (TPSA) is 61.7 Å². The maximum absolute atomic E-state index is 9.27. The minimum Gasteiger partial charge on any atom is -0.496 e. The molecule has 0 aliphatic rings. The summed E-state index contributed by atoms with van der Waals surface area (Å²) in [5.74, 6) is 0.873. The summed E-state index contributed by atoms with van der Waals surface area (Å²) in [6.45, 7) is 6.11. The van der Waals surface area contributed by atoms with Crippen LogP contribution in [0.2, 0.25) is 0 Å². The van der Waals surface area contributed by atoms with Crippen molar-refractivity contribution >= 4 is 5.69 Å². The third-order valence-electron chi connectivity index (χ3n) is 3.32. The highest BCUT2D eigenvalue weighted by Gasteiger charge is 2.14. The van der Waals surface area contributed by atoms with Crippen LogP contribution >= 0.6 is 0 Å². The van der Waals surface area contributed by atoms with Crippen molar-refractivity contribution in [2.24, 2.45) is 0 Å². The molecule has 0 spiro atoms. The number of aliphatic hydroxyl groups excluding tert-OH is 2. The first-order chi connectivity index (χ1) is 8.54. The van der Waals surface area contributed by atoms with E-state index >= 15 is 0 Å². The van der Waals surface area contributed by atoms with Gasteiger partial charge in [0.2, 0.25) is 0 Å². The van der Waals surface area contributed by atoms with Gasteiger partial charge in [0.05, 0.1) is 19.8 Å². The summed E-state index contributed by atoms with van der Waals surface area (Å²) in [4.78, 5) is 0. The zero-order valence-electron chi connectivity index (χ0n) is 11.6. The molecule has 0 aromatic heterocycles. The average Bonchev–Trinajstić information content (AvgIpc) is 2.37. The molecule has 1 rings (SSSR count). The Hall–Kier alpha value is -1.26. The molecule has 1 aromatic carbocycles. The van der Waals surface area contributed by atoms with E-state index in [9.17, 15) is 5.11 Å². The lowest BCUT2D eigenvalue weighted by Crippen LogP contribution is -2.26. The van der Waals surface area contributed by atoms with Gasteiger partial charge in [-0.2, -0.15) is 0 Å². The molecule has 1 atom stereocenters. The maximum atomic E-state index is 9.27. The fourth-order valence-corrected chi connectivity index (χ4v) is 2.05. The van der Waals surface area contributed by atoms with Gasteiger partial charge < -0.3 is 20.3 Å². The predicted molar refractivity (Wildman–Crippen MR) is 73.4 cm³/mol. The molecule has 0 aliphatic heterocycles. The van der Waals surface area contributed by atoms with Gasteiger partial charge in [-0.3, -0.25) is 0 Å². The number of rotatable bonds is 6. The van der Waals surface area contributed by atoms with Crippen LogP contribution in [-0.2, 0) is 0 Å². The molecule has 0 saturated heterocycles. The second kappa shape index (κ2) is 6.61.